The van der Waals surface area contributed by atoms with Crippen LogP contribution in [0.3, 0.4) is 0 Å². The average Bonchev–Trinajstić information content (AvgIpc) is 2.28. The summed E-state index contributed by atoms with van der Waals surface area (Å²) in [7, 11) is -3.19. The molecule has 1 aromatic carbocycles. The number of para-hydroxylation sites is 1. The van der Waals surface area contributed by atoms with Crippen LogP contribution >= 0.6 is 0 Å². The molecule has 0 atom stereocenters. The summed E-state index contributed by atoms with van der Waals surface area (Å²) in [4.78, 5) is 0. The lowest BCUT2D eigenvalue weighted by molar-refractivity contribution is 0.571. The minimum atomic E-state index is -3.19. The van der Waals surface area contributed by atoms with Crippen molar-refractivity contribution in [2.24, 2.45) is 0 Å². The lowest BCUT2D eigenvalue weighted by atomic mass is 10.1. The van der Waals surface area contributed by atoms with Crippen LogP contribution in [0.5, 0.6) is 0 Å². The van der Waals surface area contributed by atoms with E-state index in [1.807, 2.05) is 32.0 Å². The monoisotopic (exact) mass is 268 g/mol. The first kappa shape index (κ1) is 13.4. The minimum absolute atomic E-state index is 0.216. The zero-order chi connectivity index (χ0) is 13.2. The van der Waals surface area contributed by atoms with E-state index in [4.69, 9.17) is 0 Å². The SMILES string of the molecule is Cc1cccc(C)c1N1CCNCCCS1(=O)=O. The number of rotatable bonds is 1. The van der Waals surface area contributed by atoms with Gasteiger partial charge in [-0.2, -0.15) is 0 Å². The topological polar surface area (TPSA) is 49.4 Å². The van der Waals surface area contributed by atoms with Crippen LogP contribution in [0.1, 0.15) is 17.5 Å². The number of anilines is 1. The first-order valence-electron chi connectivity index (χ1n) is 6.30. The Bertz CT molecular complexity index is 506. The van der Waals surface area contributed by atoms with Crippen LogP contribution < -0.4 is 9.62 Å². The molecule has 1 N–H and O–H groups in total. The maximum absolute atomic E-state index is 12.4. The fourth-order valence-corrected chi connectivity index (χ4v) is 4.05. The van der Waals surface area contributed by atoms with E-state index in [1.54, 1.807) is 4.31 Å². The molecule has 18 heavy (non-hydrogen) atoms. The molecule has 2 rings (SSSR count). The van der Waals surface area contributed by atoms with Gasteiger partial charge in [-0.25, -0.2) is 8.42 Å². The summed E-state index contributed by atoms with van der Waals surface area (Å²) in [6, 6.07) is 5.89. The highest BCUT2D eigenvalue weighted by atomic mass is 32.2. The van der Waals surface area contributed by atoms with Gasteiger partial charge in [-0.15, -0.1) is 0 Å². The molecule has 0 aliphatic carbocycles. The van der Waals surface area contributed by atoms with Crippen molar-refractivity contribution in [3.05, 3.63) is 29.3 Å². The van der Waals surface area contributed by atoms with Crippen LogP contribution in [0.15, 0.2) is 18.2 Å². The molecule has 1 saturated heterocycles. The molecule has 1 fully saturated rings. The van der Waals surface area contributed by atoms with Gasteiger partial charge in [-0.05, 0) is 37.9 Å². The number of nitrogens with one attached hydrogen (secondary N) is 1. The maximum Gasteiger partial charge on any atom is 0.235 e. The van der Waals surface area contributed by atoms with Gasteiger partial charge in [0.1, 0.15) is 0 Å². The number of benzene rings is 1. The number of hydrogen-bond donors (Lipinski definition) is 1. The van der Waals surface area contributed by atoms with Gasteiger partial charge >= 0.3 is 0 Å². The molecule has 0 spiro atoms. The molecule has 0 bridgehead atoms. The predicted octanol–water partition coefficient (Wildman–Crippen LogP) is 1.43. The fourth-order valence-electron chi connectivity index (χ4n) is 2.38. The Morgan fingerprint density at radius 2 is 1.83 bits per heavy atom. The van der Waals surface area contributed by atoms with Gasteiger partial charge in [0.25, 0.3) is 0 Å². The second-order valence-corrected chi connectivity index (χ2v) is 6.74. The quantitative estimate of drug-likeness (QED) is 0.838. The van der Waals surface area contributed by atoms with Crippen molar-refractivity contribution >= 4 is 15.7 Å². The van der Waals surface area contributed by atoms with Crippen molar-refractivity contribution in [3.8, 4) is 0 Å². The smallest absolute Gasteiger partial charge is 0.235 e. The van der Waals surface area contributed by atoms with Crippen molar-refractivity contribution < 1.29 is 8.42 Å². The van der Waals surface area contributed by atoms with Crippen LogP contribution in [0.25, 0.3) is 0 Å². The highest BCUT2D eigenvalue weighted by molar-refractivity contribution is 7.92. The molecular weight excluding hydrogens is 248 g/mol. The van der Waals surface area contributed by atoms with E-state index >= 15 is 0 Å². The molecule has 1 aromatic rings. The Balaban J connectivity index is 2.45. The third-order valence-corrected chi connectivity index (χ3v) is 5.11. The zero-order valence-corrected chi connectivity index (χ0v) is 11.8. The summed E-state index contributed by atoms with van der Waals surface area (Å²) >= 11 is 0. The van der Waals surface area contributed by atoms with Crippen LogP contribution in [0, 0.1) is 13.8 Å². The number of aryl methyl sites for hydroxylation is 2. The molecule has 1 aliphatic rings. The Hall–Kier alpha value is -1.07. The third-order valence-electron chi connectivity index (χ3n) is 3.27. The second-order valence-electron chi connectivity index (χ2n) is 4.73. The predicted molar refractivity (Wildman–Crippen MR) is 74.5 cm³/mol. The third kappa shape index (κ3) is 2.67. The van der Waals surface area contributed by atoms with E-state index in [1.165, 1.54) is 0 Å². The number of hydrogen-bond acceptors (Lipinski definition) is 3. The van der Waals surface area contributed by atoms with Gasteiger partial charge in [-0.1, -0.05) is 18.2 Å². The van der Waals surface area contributed by atoms with E-state index in [-0.39, 0.29) is 5.75 Å². The Labute approximate surface area is 109 Å². The Morgan fingerprint density at radius 3 is 2.50 bits per heavy atom. The highest BCUT2D eigenvalue weighted by Crippen LogP contribution is 2.27. The zero-order valence-electron chi connectivity index (χ0n) is 10.9. The lowest BCUT2D eigenvalue weighted by Gasteiger charge is -2.29. The first-order chi connectivity index (χ1) is 8.52. The molecule has 0 radical (unpaired) electrons. The van der Waals surface area contributed by atoms with Crippen LogP contribution in [-0.2, 0) is 10.0 Å². The van der Waals surface area contributed by atoms with Crippen molar-refractivity contribution in [1.82, 2.24) is 5.32 Å². The molecular formula is C13H20N2O2S. The van der Waals surface area contributed by atoms with Crippen LogP contribution in [0.2, 0.25) is 0 Å². The average molecular weight is 268 g/mol. The van der Waals surface area contributed by atoms with Gasteiger partial charge in [0.2, 0.25) is 10.0 Å². The molecule has 1 heterocycles. The second kappa shape index (κ2) is 5.28. The number of nitrogens with zero attached hydrogens (tertiary/aromatic N) is 1. The first-order valence-corrected chi connectivity index (χ1v) is 7.90. The Kier molecular flexibility index (Phi) is 3.92. The summed E-state index contributed by atoms with van der Waals surface area (Å²) < 4.78 is 26.3. The lowest BCUT2D eigenvalue weighted by Crippen LogP contribution is -2.42. The van der Waals surface area contributed by atoms with E-state index in [0.717, 1.165) is 23.4 Å². The van der Waals surface area contributed by atoms with Crippen molar-refractivity contribution in [2.45, 2.75) is 20.3 Å². The summed E-state index contributed by atoms with van der Waals surface area (Å²) in [5.41, 5.74) is 2.87. The normalized spacial score (nSPS) is 20.2. The standard InChI is InChI=1S/C13H20N2O2S/c1-11-5-3-6-12(2)13(11)15-9-8-14-7-4-10-18(15,16)17/h3,5-6,14H,4,7-10H2,1-2H3. The fraction of sp³-hybridized carbons (Fsp3) is 0.538. The van der Waals surface area contributed by atoms with E-state index < -0.39 is 10.0 Å². The molecule has 0 saturated carbocycles. The van der Waals surface area contributed by atoms with Gasteiger partial charge in [0.15, 0.2) is 0 Å². The van der Waals surface area contributed by atoms with Crippen LogP contribution in [0.4, 0.5) is 5.69 Å². The maximum atomic E-state index is 12.4. The summed E-state index contributed by atoms with van der Waals surface area (Å²) in [6.45, 7) is 5.91. The largest absolute Gasteiger partial charge is 0.315 e. The molecule has 0 aromatic heterocycles. The molecule has 0 unspecified atom stereocenters. The summed E-state index contributed by atoms with van der Waals surface area (Å²) in [5.74, 6) is 0.216. The van der Waals surface area contributed by atoms with E-state index in [0.29, 0.717) is 19.5 Å². The van der Waals surface area contributed by atoms with Crippen LogP contribution in [-0.4, -0.2) is 33.8 Å². The van der Waals surface area contributed by atoms with E-state index in [9.17, 15) is 8.42 Å². The van der Waals surface area contributed by atoms with E-state index in [2.05, 4.69) is 5.32 Å². The van der Waals surface area contributed by atoms with Gasteiger partial charge in [0.05, 0.1) is 11.4 Å². The molecule has 4 nitrogen and oxygen atoms in total. The van der Waals surface area contributed by atoms with Gasteiger partial charge in [0, 0.05) is 13.1 Å². The Morgan fingerprint density at radius 1 is 1.17 bits per heavy atom. The summed E-state index contributed by atoms with van der Waals surface area (Å²) in [5, 5.41) is 3.26. The van der Waals surface area contributed by atoms with Gasteiger partial charge in [-0.3, -0.25) is 4.31 Å². The molecule has 0 amide bonds. The molecule has 1 aliphatic heterocycles. The molecule has 100 valence electrons. The minimum Gasteiger partial charge on any atom is -0.315 e. The van der Waals surface area contributed by atoms with Crippen molar-refractivity contribution in [2.75, 3.05) is 29.7 Å². The summed E-state index contributed by atoms with van der Waals surface area (Å²) in [6.07, 6.45) is 0.670. The van der Waals surface area contributed by atoms with Crippen molar-refractivity contribution in [3.63, 3.8) is 0 Å². The highest BCUT2D eigenvalue weighted by Gasteiger charge is 2.25. The van der Waals surface area contributed by atoms with Gasteiger partial charge < -0.3 is 5.32 Å². The molecule has 5 heteroatoms. The number of sulfonamides is 1. The van der Waals surface area contributed by atoms with Crippen molar-refractivity contribution in [1.29, 1.82) is 0 Å².